The average Bonchev–Trinajstić information content (AvgIpc) is 2.30. The molecule has 1 N–H and O–H groups in total. The predicted octanol–water partition coefficient (Wildman–Crippen LogP) is 1.15. The first-order chi connectivity index (χ1) is 8.92. The maximum Gasteiger partial charge on any atom is 0.150 e. The van der Waals surface area contributed by atoms with Gasteiger partial charge in [0.05, 0.1) is 17.9 Å². The fourth-order valence-corrected chi connectivity index (χ4v) is 1.77. The second-order valence-electron chi connectivity index (χ2n) is 4.25. The minimum Gasteiger partial charge on any atom is -0.491 e. The third-order valence-corrected chi connectivity index (χ3v) is 3.21. The van der Waals surface area contributed by atoms with Gasteiger partial charge in [-0.15, -0.1) is 0 Å². The van der Waals surface area contributed by atoms with Crippen molar-refractivity contribution in [1.82, 2.24) is 0 Å². The van der Waals surface area contributed by atoms with Gasteiger partial charge in [-0.2, -0.15) is 0 Å². The summed E-state index contributed by atoms with van der Waals surface area (Å²) in [5.74, 6) is 6.29. The normalized spacial score (nSPS) is 10.7. The number of rotatable bonds is 5. The number of benzene rings is 1. The van der Waals surface area contributed by atoms with Gasteiger partial charge in [0.2, 0.25) is 0 Å². The summed E-state index contributed by atoms with van der Waals surface area (Å²) in [6.07, 6.45) is 1.57. The van der Waals surface area contributed by atoms with Gasteiger partial charge in [0.15, 0.2) is 9.84 Å². The van der Waals surface area contributed by atoms with Crippen molar-refractivity contribution in [2.45, 2.75) is 13.3 Å². The van der Waals surface area contributed by atoms with Crippen LogP contribution in [-0.2, 0) is 9.84 Å². The lowest BCUT2D eigenvalue weighted by atomic mass is 10.1. The van der Waals surface area contributed by atoms with Gasteiger partial charge in [-0.25, -0.2) is 8.42 Å². The number of sulfone groups is 1. The summed E-state index contributed by atoms with van der Waals surface area (Å²) in [5.41, 5.74) is 1.76. The van der Waals surface area contributed by atoms with Crippen molar-refractivity contribution in [2.24, 2.45) is 0 Å². The third kappa shape index (κ3) is 6.27. The lowest BCUT2D eigenvalue weighted by Crippen LogP contribution is -2.12. The van der Waals surface area contributed by atoms with Crippen LogP contribution < -0.4 is 4.74 Å². The zero-order chi connectivity index (χ0) is 14.3. The Morgan fingerprint density at radius 3 is 2.74 bits per heavy atom. The van der Waals surface area contributed by atoms with Gasteiger partial charge >= 0.3 is 0 Å². The standard InChI is InChI=1S/C14H18O4S/c1-12-6-7-14(18-9-10-19(2,16)17)13(11-12)5-3-4-8-15/h6-7,11,15H,4,8-10H2,1-2H3. The van der Waals surface area contributed by atoms with Crippen molar-refractivity contribution >= 4 is 9.84 Å². The van der Waals surface area contributed by atoms with Crippen LogP contribution in [0.2, 0.25) is 0 Å². The van der Waals surface area contributed by atoms with Crippen LogP contribution in [0.5, 0.6) is 5.75 Å². The fourth-order valence-electron chi connectivity index (χ4n) is 1.38. The molecule has 0 aromatic heterocycles. The Hall–Kier alpha value is -1.51. The van der Waals surface area contributed by atoms with Crippen molar-refractivity contribution in [2.75, 3.05) is 25.2 Å². The van der Waals surface area contributed by atoms with E-state index in [1.165, 1.54) is 6.26 Å². The molecule has 0 radical (unpaired) electrons. The average molecular weight is 282 g/mol. The number of ether oxygens (including phenoxy) is 1. The van der Waals surface area contributed by atoms with Crippen LogP contribution in [0, 0.1) is 18.8 Å². The van der Waals surface area contributed by atoms with E-state index < -0.39 is 9.84 Å². The van der Waals surface area contributed by atoms with Gasteiger partial charge in [0.25, 0.3) is 0 Å². The quantitative estimate of drug-likeness (QED) is 0.823. The Morgan fingerprint density at radius 1 is 1.37 bits per heavy atom. The second kappa shape index (κ2) is 7.17. The first kappa shape index (κ1) is 15.5. The summed E-state index contributed by atoms with van der Waals surface area (Å²) in [4.78, 5) is 0. The summed E-state index contributed by atoms with van der Waals surface area (Å²) >= 11 is 0. The molecule has 0 aliphatic heterocycles. The van der Waals surface area contributed by atoms with Gasteiger partial charge in [0.1, 0.15) is 12.4 Å². The summed E-state index contributed by atoms with van der Waals surface area (Å²) in [6, 6.07) is 5.54. The summed E-state index contributed by atoms with van der Waals surface area (Å²) in [7, 11) is -3.03. The minimum absolute atomic E-state index is 0.0169. The molecule has 0 fully saturated rings. The molecule has 0 saturated carbocycles. The Morgan fingerprint density at radius 2 is 2.11 bits per heavy atom. The summed E-state index contributed by atoms with van der Waals surface area (Å²) in [6.45, 7) is 2.07. The molecule has 5 heteroatoms. The fraction of sp³-hybridized carbons (Fsp3) is 0.429. The van der Waals surface area contributed by atoms with Crippen molar-refractivity contribution in [1.29, 1.82) is 0 Å². The number of hydrogen-bond donors (Lipinski definition) is 1. The largest absolute Gasteiger partial charge is 0.491 e. The van der Waals surface area contributed by atoms with Gasteiger partial charge in [-0.05, 0) is 24.6 Å². The van der Waals surface area contributed by atoms with Crippen molar-refractivity contribution < 1.29 is 18.3 Å². The topological polar surface area (TPSA) is 63.6 Å². The summed E-state index contributed by atoms with van der Waals surface area (Å²) in [5, 5.41) is 8.70. The highest BCUT2D eigenvalue weighted by Crippen LogP contribution is 2.19. The molecule has 0 bridgehead atoms. The predicted molar refractivity (Wildman–Crippen MR) is 75.0 cm³/mol. The van der Waals surface area contributed by atoms with Gasteiger partial charge in [-0.3, -0.25) is 0 Å². The van der Waals surface area contributed by atoms with Crippen molar-refractivity contribution in [3.8, 4) is 17.6 Å². The van der Waals surface area contributed by atoms with Crippen molar-refractivity contribution in [3.05, 3.63) is 29.3 Å². The molecule has 0 heterocycles. The smallest absolute Gasteiger partial charge is 0.150 e. The van der Waals surface area contributed by atoms with E-state index >= 15 is 0 Å². The summed E-state index contributed by atoms with van der Waals surface area (Å²) < 4.78 is 27.5. The monoisotopic (exact) mass is 282 g/mol. The van der Waals surface area contributed by atoms with Crippen LogP contribution in [0.1, 0.15) is 17.5 Å². The number of hydrogen-bond acceptors (Lipinski definition) is 4. The van der Waals surface area contributed by atoms with E-state index in [1.54, 1.807) is 6.07 Å². The SMILES string of the molecule is Cc1ccc(OCCS(C)(=O)=O)c(C#CCCO)c1. The molecule has 0 spiro atoms. The van der Waals surface area contributed by atoms with E-state index in [-0.39, 0.29) is 19.0 Å². The lowest BCUT2D eigenvalue weighted by molar-refractivity contribution is 0.305. The van der Waals surface area contributed by atoms with Crippen LogP contribution >= 0.6 is 0 Å². The van der Waals surface area contributed by atoms with Gasteiger partial charge in [-0.1, -0.05) is 17.9 Å². The Labute approximate surface area is 114 Å². The molecular weight excluding hydrogens is 264 g/mol. The minimum atomic E-state index is -3.03. The molecule has 0 aliphatic carbocycles. The number of aliphatic hydroxyl groups excluding tert-OH is 1. The molecule has 104 valence electrons. The molecule has 0 unspecified atom stereocenters. The molecule has 19 heavy (non-hydrogen) atoms. The molecule has 1 aromatic rings. The zero-order valence-corrected chi connectivity index (χ0v) is 12.0. The highest BCUT2D eigenvalue weighted by Gasteiger charge is 2.05. The van der Waals surface area contributed by atoms with E-state index in [9.17, 15) is 8.42 Å². The van der Waals surface area contributed by atoms with E-state index in [0.717, 1.165) is 5.56 Å². The van der Waals surface area contributed by atoms with E-state index in [0.29, 0.717) is 17.7 Å². The first-order valence-electron chi connectivity index (χ1n) is 5.93. The van der Waals surface area contributed by atoms with Crippen LogP contribution in [0.3, 0.4) is 0 Å². The van der Waals surface area contributed by atoms with Crippen LogP contribution in [0.25, 0.3) is 0 Å². The van der Waals surface area contributed by atoms with Crippen LogP contribution in [0.4, 0.5) is 0 Å². The van der Waals surface area contributed by atoms with Crippen molar-refractivity contribution in [3.63, 3.8) is 0 Å². The molecular formula is C14H18O4S. The van der Waals surface area contributed by atoms with Crippen LogP contribution in [-0.4, -0.2) is 38.7 Å². The molecule has 0 atom stereocenters. The highest BCUT2D eigenvalue weighted by atomic mass is 32.2. The zero-order valence-electron chi connectivity index (χ0n) is 11.1. The van der Waals surface area contributed by atoms with Crippen LogP contribution in [0.15, 0.2) is 18.2 Å². The molecule has 1 aromatic carbocycles. The lowest BCUT2D eigenvalue weighted by Gasteiger charge is -2.08. The molecule has 0 amide bonds. The molecule has 0 saturated heterocycles. The maximum absolute atomic E-state index is 11.0. The molecule has 4 nitrogen and oxygen atoms in total. The first-order valence-corrected chi connectivity index (χ1v) is 7.99. The maximum atomic E-state index is 11.0. The van der Waals surface area contributed by atoms with Gasteiger partial charge in [0, 0.05) is 12.7 Å². The van der Waals surface area contributed by atoms with E-state index in [2.05, 4.69) is 11.8 Å². The molecule has 1 rings (SSSR count). The Balaban J connectivity index is 2.80. The third-order valence-electron chi connectivity index (χ3n) is 2.31. The Bertz CT molecular complexity index is 579. The van der Waals surface area contributed by atoms with E-state index in [1.807, 2.05) is 19.1 Å². The van der Waals surface area contributed by atoms with E-state index in [4.69, 9.17) is 9.84 Å². The van der Waals surface area contributed by atoms with Gasteiger partial charge < -0.3 is 9.84 Å². The highest BCUT2D eigenvalue weighted by molar-refractivity contribution is 7.90. The molecule has 0 aliphatic rings. The second-order valence-corrected chi connectivity index (χ2v) is 6.51. The number of aryl methyl sites for hydroxylation is 1. The number of aliphatic hydroxyl groups is 1. The Kier molecular flexibility index (Phi) is 5.87.